The molecule has 0 bridgehead atoms. The first-order valence-electron chi connectivity index (χ1n) is 9.34. The van der Waals surface area contributed by atoms with Gasteiger partial charge in [0.25, 0.3) is 5.91 Å². The van der Waals surface area contributed by atoms with Crippen LogP contribution in [0, 0.1) is 5.92 Å². The Morgan fingerprint density at radius 3 is 2.82 bits per heavy atom. The van der Waals surface area contributed by atoms with Crippen LogP contribution in [0.15, 0.2) is 29.9 Å². The number of nitrogens with zero attached hydrogens (tertiary/aromatic N) is 3. The summed E-state index contributed by atoms with van der Waals surface area (Å²) in [5, 5.41) is 6.62. The smallest absolute Gasteiger partial charge is 0.254 e. The summed E-state index contributed by atoms with van der Waals surface area (Å²) in [6.07, 6.45) is 5.85. The predicted molar refractivity (Wildman–Crippen MR) is 110 cm³/mol. The number of anilines is 3. The third-order valence-corrected chi connectivity index (χ3v) is 6.26. The molecular weight excluding hydrogens is 374 g/mol. The number of fused-ring (bicyclic) bond motifs is 1. The summed E-state index contributed by atoms with van der Waals surface area (Å²) < 4.78 is 1.05. The molecule has 0 radical (unpaired) electrons. The summed E-state index contributed by atoms with van der Waals surface area (Å²) in [7, 11) is 0. The van der Waals surface area contributed by atoms with Gasteiger partial charge in [-0.05, 0) is 49.8 Å². The molecule has 3 aromatic rings. The number of carbonyl (C=O) groups excluding carboxylic acids is 1. The van der Waals surface area contributed by atoms with Crippen LogP contribution < -0.4 is 22.1 Å². The van der Waals surface area contributed by atoms with E-state index in [4.69, 9.17) is 11.5 Å². The number of rotatable bonds is 7. The molecule has 2 aliphatic rings. The topological polar surface area (TPSA) is 132 Å². The van der Waals surface area contributed by atoms with E-state index in [-0.39, 0.29) is 17.1 Å². The fourth-order valence-corrected chi connectivity index (χ4v) is 4.27. The lowest BCUT2D eigenvalue weighted by Crippen LogP contribution is -2.44. The summed E-state index contributed by atoms with van der Waals surface area (Å²) >= 11 is 1.55. The van der Waals surface area contributed by atoms with Gasteiger partial charge >= 0.3 is 0 Å². The van der Waals surface area contributed by atoms with Gasteiger partial charge in [-0.25, -0.2) is 9.97 Å². The quantitative estimate of drug-likeness (QED) is 0.483. The predicted octanol–water partition coefficient (Wildman–Crippen LogP) is 2.61. The third kappa shape index (κ3) is 3.27. The number of primary amides is 1. The van der Waals surface area contributed by atoms with Crippen molar-refractivity contribution >= 4 is 44.9 Å². The van der Waals surface area contributed by atoms with E-state index in [1.54, 1.807) is 16.8 Å². The van der Waals surface area contributed by atoms with Crippen LogP contribution >= 0.6 is 11.3 Å². The molecule has 5 rings (SSSR count). The fraction of sp³-hybridized carbons (Fsp3) is 0.368. The largest absolute Gasteiger partial charge is 0.365 e. The molecule has 144 valence electrons. The average Bonchev–Trinajstić information content (AvgIpc) is 3.59. The number of nitrogens with one attached hydrogen (secondary N) is 2. The van der Waals surface area contributed by atoms with E-state index in [1.165, 1.54) is 19.0 Å². The summed E-state index contributed by atoms with van der Waals surface area (Å²) in [5.74, 6) is 0.825. The zero-order chi connectivity index (χ0) is 19.3. The number of hydrogen-bond donors (Lipinski definition) is 4. The number of nitrogens with two attached hydrogens (primary N) is 2. The van der Waals surface area contributed by atoms with Gasteiger partial charge in [0.2, 0.25) is 5.95 Å². The molecule has 9 heteroatoms. The van der Waals surface area contributed by atoms with Crippen molar-refractivity contribution in [2.75, 3.05) is 10.6 Å². The summed E-state index contributed by atoms with van der Waals surface area (Å²) in [6.45, 7) is 0. The Morgan fingerprint density at radius 2 is 2.11 bits per heavy atom. The molecule has 8 nitrogen and oxygen atoms in total. The highest BCUT2D eigenvalue weighted by Gasteiger charge is 2.52. The summed E-state index contributed by atoms with van der Waals surface area (Å²) in [4.78, 5) is 25.0. The van der Waals surface area contributed by atoms with Gasteiger partial charge in [0.15, 0.2) is 0 Å². The van der Waals surface area contributed by atoms with Gasteiger partial charge in [-0.2, -0.15) is 4.98 Å². The normalized spacial score (nSPS) is 18.6. The van der Waals surface area contributed by atoms with Gasteiger partial charge in [-0.1, -0.05) is 0 Å². The van der Waals surface area contributed by atoms with Crippen molar-refractivity contribution in [1.29, 1.82) is 0 Å². The molecule has 0 aliphatic heterocycles. The Labute approximate surface area is 165 Å². The number of thiazole rings is 1. The highest BCUT2D eigenvalue weighted by Crippen LogP contribution is 2.47. The molecule has 0 spiro atoms. The van der Waals surface area contributed by atoms with Gasteiger partial charge in [-0.15, -0.1) is 11.3 Å². The average molecular weight is 395 g/mol. The first-order valence-corrected chi connectivity index (χ1v) is 10.2. The van der Waals surface area contributed by atoms with Crippen molar-refractivity contribution in [3.8, 4) is 0 Å². The second-order valence-electron chi connectivity index (χ2n) is 7.67. The minimum atomic E-state index is -0.579. The first kappa shape index (κ1) is 17.3. The second-order valence-corrected chi connectivity index (χ2v) is 8.56. The van der Waals surface area contributed by atoms with E-state index in [1.807, 2.05) is 18.2 Å². The van der Waals surface area contributed by atoms with Gasteiger partial charge < -0.3 is 22.1 Å². The lowest BCUT2D eigenvalue weighted by Gasteiger charge is -2.25. The minimum absolute atomic E-state index is 0.160. The van der Waals surface area contributed by atoms with Crippen molar-refractivity contribution in [3.63, 3.8) is 0 Å². The Morgan fingerprint density at radius 1 is 1.29 bits per heavy atom. The Kier molecular flexibility index (Phi) is 3.95. The third-order valence-electron chi connectivity index (χ3n) is 5.47. The van der Waals surface area contributed by atoms with E-state index >= 15 is 0 Å². The number of amides is 1. The van der Waals surface area contributed by atoms with Crippen LogP contribution in [-0.2, 0) is 0 Å². The molecule has 28 heavy (non-hydrogen) atoms. The summed E-state index contributed by atoms with van der Waals surface area (Å²) in [5.41, 5.74) is 15.6. The highest BCUT2D eigenvalue weighted by atomic mass is 32.1. The molecule has 0 unspecified atom stereocenters. The first-order chi connectivity index (χ1) is 13.5. The van der Waals surface area contributed by atoms with Crippen molar-refractivity contribution in [2.45, 2.75) is 37.3 Å². The molecule has 1 atom stereocenters. The lowest BCUT2D eigenvalue weighted by molar-refractivity contribution is 0.100. The van der Waals surface area contributed by atoms with Crippen LogP contribution in [0.25, 0.3) is 10.2 Å². The van der Waals surface area contributed by atoms with Crippen LogP contribution in [-0.4, -0.2) is 32.4 Å². The standard InChI is InChI=1S/C19H21N7OS/c20-16(27)12-8-22-18(25-15(10-1-2-10)19(21)5-6-19)26-17(12)24-11-3-4-13-14(7-11)28-9-23-13/h3-4,7-10,15H,1-2,5-6,21H2,(H2,20,27)(H2,22,24,25,26)/t15-/m1/s1. The van der Waals surface area contributed by atoms with Crippen molar-refractivity contribution in [2.24, 2.45) is 17.4 Å². The molecule has 2 saturated carbocycles. The monoisotopic (exact) mass is 395 g/mol. The molecule has 1 aromatic carbocycles. The number of benzene rings is 1. The molecule has 2 fully saturated rings. The molecule has 1 amide bonds. The number of carbonyl (C=O) groups is 1. The summed E-state index contributed by atoms with van der Waals surface area (Å²) in [6, 6.07) is 5.95. The molecule has 2 aromatic heterocycles. The van der Waals surface area contributed by atoms with Crippen molar-refractivity contribution in [1.82, 2.24) is 15.0 Å². The van der Waals surface area contributed by atoms with Crippen molar-refractivity contribution in [3.05, 3.63) is 35.5 Å². The van der Waals surface area contributed by atoms with E-state index in [0.717, 1.165) is 28.7 Å². The van der Waals surface area contributed by atoms with Crippen LogP contribution in [0.2, 0.25) is 0 Å². The molecule has 0 saturated heterocycles. The van der Waals surface area contributed by atoms with Crippen molar-refractivity contribution < 1.29 is 4.79 Å². The number of aromatic nitrogens is 3. The maximum atomic E-state index is 11.9. The van der Waals surface area contributed by atoms with E-state index in [2.05, 4.69) is 25.6 Å². The van der Waals surface area contributed by atoms with E-state index in [9.17, 15) is 4.79 Å². The second kappa shape index (κ2) is 6.39. The zero-order valence-electron chi connectivity index (χ0n) is 15.2. The van der Waals surface area contributed by atoms with Crippen LogP contribution in [0.3, 0.4) is 0 Å². The van der Waals surface area contributed by atoms with Gasteiger partial charge in [-0.3, -0.25) is 4.79 Å². The SMILES string of the molecule is NC(=O)c1cnc(N[C@H](C2CC2)C2(N)CC2)nc1Nc1ccc2ncsc2c1. The Bertz CT molecular complexity index is 1060. The number of hydrogen-bond acceptors (Lipinski definition) is 8. The fourth-order valence-electron chi connectivity index (χ4n) is 3.55. The van der Waals surface area contributed by atoms with Gasteiger partial charge in [0.1, 0.15) is 11.4 Å². The Hall–Kier alpha value is -2.78. The van der Waals surface area contributed by atoms with Gasteiger partial charge in [0, 0.05) is 23.5 Å². The van der Waals surface area contributed by atoms with Crippen LogP contribution in [0.1, 0.15) is 36.0 Å². The van der Waals surface area contributed by atoms with Crippen LogP contribution in [0.4, 0.5) is 17.5 Å². The van der Waals surface area contributed by atoms with Crippen LogP contribution in [0.5, 0.6) is 0 Å². The molecule has 2 heterocycles. The highest BCUT2D eigenvalue weighted by molar-refractivity contribution is 7.16. The molecular formula is C19H21N7OS. The van der Waals surface area contributed by atoms with E-state index < -0.39 is 5.91 Å². The maximum Gasteiger partial charge on any atom is 0.254 e. The lowest BCUT2D eigenvalue weighted by atomic mass is 10.0. The van der Waals surface area contributed by atoms with Gasteiger partial charge in [0.05, 0.1) is 15.7 Å². The zero-order valence-corrected chi connectivity index (χ0v) is 16.0. The molecule has 2 aliphatic carbocycles. The van der Waals surface area contributed by atoms with E-state index in [0.29, 0.717) is 17.7 Å². The molecule has 6 N–H and O–H groups in total. The maximum absolute atomic E-state index is 11.9. The minimum Gasteiger partial charge on any atom is -0.365 e. The Balaban J connectivity index is 1.44.